The van der Waals surface area contributed by atoms with E-state index in [2.05, 4.69) is 5.32 Å². The Bertz CT molecular complexity index is 1600. The van der Waals surface area contributed by atoms with E-state index in [1.807, 2.05) is 51.1 Å². The number of hydrogen-bond acceptors (Lipinski definition) is 6. The van der Waals surface area contributed by atoms with Crippen LogP contribution in [-0.4, -0.2) is 58.0 Å². The van der Waals surface area contributed by atoms with Crippen molar-refractivity contribution < 1.29 is 27.5 Å². The minimum absolute atomic E-state index is 0.0550. The summed E-state index contributed by atoms with van der Waals surface area (Å²) in [5, 5.41) is 3.14. The minimum Gasteiger partial charge on any atom is -0.493 e. The number of amides is 2. The van der Waals surface area contributed by atoms with Crippen LogP contribution in [-0.2, 0) is 26.2 Å². The van der Waals surface area contributed by atoms with Crippen molar-refractivity contribution in [3.8, 4) is 11.5 Å². The van der Waals surface area contributed by atoms with E-state index in [1.54, 1.807) is 19.1 Å². The van der Waals surface area contributed by atoms with Gasteiger partial charge in [0.1, 0.15) is 12.6 Å². The molecule has 45 heavy (non-hydrogen) atoms. The lowest BCUT2D eigenvalue weighted by Crippen LogP contribution is -2.53. The summed E-state index contributed by atoms with van der Waals surface area (Å²) in [6, 6.07) is 16.7. The topological polar surface area (TPSA) is 105 Å². The number of aryl methyl sites for hydroxylation is 3. The average molecular weight is 636 g/mol. The zero-order chi connectivity index (χ0) is 32.7. The van der Waals surface area contributed by atoms with Gasteiger partial charge in [-0.1, -0.05) is 49.6 Å². The average Bonchev–Trinajstić information content (AvgIpc) is 3.02. The van der Waals surface area contributed by atoms with Gasteiger partial charge in [0.05, 0.1) is 24.8 Å². The first-order valence-electron chi connectivity index (χ1n) is 15.4. The van der Waals surface area contributed by atoms with E-state index in [4.69, 9.17) is 9.47 Å². The zero-order valence-corrected chi connectivity index (χ0v) is 27.9. The van der Waals surface area contributed by atoms with Crippen molar-refractivity contribution in [3.05, 3.63) is 82.9 Å². The number of rotatable bonds is 12. The van der Waals surface area contributed by atoms with Crippen LogP contribution in [0.15, 0.2) is 65.6 Å². The van der Waals surface area contributed by atoms with Crippen LogP contribution in [0.4, 0.5) is 5.69 Å². The van der Waals surface area contributed by atoms with E-state index in [0.717, 1.165) is 58.7 Å². The number of sulfonamides is 1. The molecule has 0 aromatic heterocycles. The highest BCUT2D eigenvalue weighted by atomic mass is 32.2. The lowest BCUT2D eigenvalue weighted by Gasteiger charge is -2.33. The fourth-order valence-corrected chi connectivity index (χ4v) is 7.26. The van der Waals surface area contributed by atoms with Crippen molar-refractivity contribution in [1.29, 1.82) is 0 Å². The summed E-state index contributed by atoms with van der Waals surface area (Å²) in [5.74, 6) is -0.107. The summed E-state index contributed by atoms with van der Waals surface area (Å²) in [6.45, 7) is 7.06. The second-order valence-corrected chi connectivity index (χ2v) is 13.7. The summed E-state index contributed by atoms with van der Waals surface area (Å²) in [6.07, 6.45) is 5.10. The molecule has 0 saturated heterocycles. The van der Waals surface area contributed by atoms with Gasteiger partial charge in [-0.3, -0.25) is 13.9 Å². The normalized spacial score (nSPS) is 14.4. The lowest BCUT2D eigenvalue weighted by atomic mass is 9.95. The third kappa shape index (κ3) is 8.16. The van der Waals surface area contributed by atoms with E-state index in [0.29, 0.717) is 11.4 Å². The third-order valence-corrected chi connectivity index (χ3v) is 10.2. The summed E-state index contributed by atoms with van der Waals surface area (Å²) in [4.78, 5) is 29.3. The summed E-state index contributed by atoms with van der Waals surface area (Å²) in [7, 11) is -1.37. The van der Waals surface area contributed by atoms with Gasteiger partial charge >= 0.3 is 0 Å². The van der Waals surface area contributed by atoms with Gasteiger partial charge in [0.25, 0.3) is 10.0 Å². The van der Waals surface area contributed by atoms with Crippen LogP contribution < -0.4 is 19.1 Å². The number of anilines is 1. The number of benzene rings is 3. The molecule has 1 saturated carbocycles. The Morgan fingerprint density at radius 1 is 0.889 bits per heavy atom. The Morgan fingerprint density at radius 2 is 1.53 bits per heavy atom. The highest BCUT2D eigenvalue weighted by molar-refractivity contribution is 7.92. The Kier molecular flexibility index (Phi) is 11.1. The maximum atomic E-state index is 14.3. The molecule has 3 aromatic rings. The first-order chi connectivity index (χ1) is 21.4. The molecule has 0 heterocycles. The number of carbonyl (C=O) groups excluding carboxylic acids is 2. The molecule has 4 rings (SSSR count). The van der Waals surface area contributed by atoms with E-state index in [9.17, 15) is 18.0 Å². The van der Waals surface area contributed by atoms with Crippen molar-refractivity contribution in [2.24, 2.45) is 0 Å². The molecule has 1 fully saturated rings. The molecule has 10 heteroatoms. The lowest BCUT2D eigenvalue weighted by molar-refractivity contribution is -0.139. The Hall–Kier alpha value is -4.05. The number of nitrogens with one attached hydrogen (secondary N) is 1. The first-order valence-corrected chi connectivity index (χ1v) is 16.9. The van der Waals surface area contributed by atoms with E-state index in [1.165, 1.54) is 37.3 Å². The fraction of sp³-hybridized carbons (Fsp3) is 0.429. The van der Waals surface area contributed by atoms with Crippen LogP contribution in [0.5, 0.6) is 11.5 Å². The zero-order valence-electron chi connectivity index (χ0n) is 27.1. The molecular weight excluding hydrogens is 590 g/mol. The molecule has 1 atom stereocenters. The van der Waals surface area contributed by atoms with Gasteiger partial charge in [0.15, 0.2) is 11.5 Å². The molecule has 1 unspecified atom stereocenters. The molecule has 242 valence electrons. The number of hydrogen-bond donors (Lipinski definition) is 1. The van der Waals surface area contributed by atoms with Crippen molar-refractivity contribution in [2.45, 2.75) is 83.3 Å². The van der Waals surface area contributed by atoms with Crippen molar-refractivity contribution in [2.75, 3.05) is 25.1 Å². The predicted octanol–water partition coefficient (Wildman–Crippen LogP) is 5.69. The SMILES string of the molecule is COc1ccc(S(=O)(=O)N(CC(=O)N(Cc2ccccc2C)C(C)C(=O)NC2CCCCC2)c2cc(C)cc(C)c2)cc1OC. The van der Waals surface area contributed by atoms with Crippen LogP contribution in [0.1, 0.15) is 61.3 Å². The largest absolute Gasteiger partial charge is 0.493 e. The smallest absolute Gasteiger partial charge is 0.264 e. The van der Waals surface area contributed by atoms with Gasteiger partial charge in [-0.2, -0.15) is 0 Å². The highest BCUT2D eigenvalue weighted by Crippen LogP contribution is 2.33. The maximum Gasteiger partial charge on any atom is 0.264 e. The highest BCUT2D eigenvalue weighted by Gasteiger charge is 2.34. The molecule has 1 aliphatic carbocycles. The van der Waals surface area contributed by atoms with Gasteiger partial charge in [-0.05, 0) is 87.1 Å². The van der Waals surface area contributed by atoms with Gasteiger partial charge in [0.2, 0.25) is 11.8 Å². The predicted molar refractivity (Wildman–Crippen MR) is 176 cm³/mol. The molecular formula is C35H45N3O6S. The van der Waals surface area contributed by atoms with E-state index in [-0.39, 0.29) is 29.1 Å². The van der Waals surface area contributed by atoms with Gasteiger partial charge < -0.3 is 19.7 Å². The fourth-order valence-electron chi connectivity index (χ4n) is 5.85. The van der Waals surface area contributed by atoms with Crippen LogP contribution in [0, 0.1) is 20.8 Å². The van der Waals surface area contributed by atoms with Crippen molar-refractivity contribution in [1.82, 2.24) is 10.2 Å². The molecule has 0 spiro atoms. The number of nitrogens with zero attached hydrogens (tertiary/aromatic N) is 2. The van der Waals surface area contributed by atoms with Crippen molar-refractivity contribution in [3.63, 3.8) is 0 Å². The maximum absolute atomic E-state index is 14.3. The molecule has 0 bridgehead atoms. The van der Waals surface area contributed by atoms with Gasteiger partial charge in [0, 0.05) is 18.7 Å². The number of methoxy groups -OCH3 is 2. The van der Waals surface area contributed by atoms with Crippen LogP contribution in [0.2, 0.25) is 0 Å². The first kappa shape index (κ1) is 33.8. The van der Waals surface area contributed by atoms with Crippen LogP contribution in [0.25, 0.3) is 0 Å². The van der Waals surface area contributed by atoms with Gasteiger partial charge in [-0.25, -0.2) is 8.42 Å². The van der Waals surface area contributed by atoms with Crippen molar-refractivity contribution >= 4 is 27.5 Å². The quantitative estimate of drug-likeness (QED) is 0.274. The second kappa shape index (κ2) is 14.8. The van der Waals surface area contributed by atoms with Crippen LogP contribution >= 0.6 is 0 Å². The second-order valence-electron chi connectivity index (χ2n) is 11.8. The molecule has 2 amide bonds. The standard InChI is InChI=1S/C35H45N3O6S/c1-24-18-25(2)20-30(19-24)38(45(41,42)31-16-17-32(43-5)33(21-31)44-6)23-34(39)37(22-28-13-11-10-12-26(28)3)27(4)35(40)36-29-14-8-7-9-15-29/h10-13,16-21,27,29H,7-9,14-15,22-23H2,1-6H3,(H,36,40). The Balaban J connectivity index is 1.74. The van der Waals surface area contributed by atoms with Gasteiger partial charge in [-0.15, -0.1) is 0 Å². The third-order valence-electron chi connectivity index (χ3n) is 8.44. The minimum atomic E-state index is -4.27. The molecule has 9 nitrogen and oxygen atoms in total. The molecule has 1 aliphatic rings. The summed E-state index contributed by atoms with van der Waals surface area (Å²) >= 11 is 0. The number of ether oxygens (including phenoxy) is 2. The summed E-state index contributed by atoms with van der Waals surface area (Å²) < 4.78 is 40.5. The molecule has 0 radical (unpaired) electrons. The summed E-state index contributed by atoms with van der Waals surface area (Å²) in [5.41, 5.74) is 3.90. The van der Waals surface area contributed by atoms with Crippen LogP contribution in [0.3, 0.4) is 0 Å². The Morgan fingerprint density at radius 3 is 2.16 bits per heavy atom. The van der Waals surface area contributed by atoms with E-state index >= 15 is 0 Å². The number of carbonyl (C=O) groups is 2. The van der Waals surface area contributed by atoms with E-state index < -0.39 is 28.5 Å². The monoisotopic (exact) mass is 635 g/mol. The molecule has 1 N–H and O–H groups in total. The molecule has 3 aromatic carbocycles. The Labute approximate surface area is 267 Å². The molecule has 0 aliphatic heterocycles.